The number of amides is 2. The molecule has 3 aromatic rings. The number of esters is 1. The number of hydrogen-bond donors (Lipinski definition) is 2. The minimum absolute atomic E-state index is 0.0224. The van der Waals surface area contributed by atoms with Gasteiger partial charge in [0.1, 0.15) is 10.8 Å². The van der Waals surface area contributed by atoms with E-state index in [9.17, 15) is 27.6 Å². The van der Waals surface area contributed by atoms with Crippen LogP contribution in [0.1, 0.15) is 44.0 Å². The van der Waals surface area contributed by atoms with Gasteiger partial charge in [-0.25, -0.2) is 4.79 Å². The number of ether oxygens (including phenoxy) is 2. The van der Waals surface area contributed by atoms with Crippen molar-refractivity contribution in [3.8, 4) is 5.75 Å². The summed E-state index contributed by atoms with van der Waals surface area (Å²) in [6, 6.07) is 8.89. The van der Waals surface area contributed by atoms with Crippen LogP contribution in [0.15, 0.2) is 42.5 Å². The summed E-state index contributed by atoms with van der Waals surface area (Å²) in [4.78, 5) is 37.8. The van der Waals surface area contributed by atoms with Gasteiger partial charge in [0.15, 0.2) is 0 Å². The second-order valence-electron chi connectivity index (χ2n) is 7.86. The van der Waals surface area contributed by atoms with E-state index in [1.807, 2.05) is 0 Å². The summed E-state index contributed by atoms with van der Waals surface area (Å²) in [5, 5.41) is 5.87. The molecule has 0 atom stereocenters. The average molecular weight is 589 g/mol. The largest absolute Gasteiger partial charge is 0.492 e. The van der Waals surface area contributed by atoms with E-state index in [4.69, 9.17) is 32.7 Å². The first kappa shape index (κ1) is 29.3. The smallest absolute Gasteiger partial charge is 0.416 e. The highest BCUT2D eigenvalue weighted by Gasteiger charge is 2.31. The van der Waals surface area contributed by atoms with Gasteiger partial charge in [-0.3, -0.25) is 9.59 Å². The van der Waals surface area contributed by atoms with Gasteiger partial charge in [0.25, 0.3) is 5.91 Å². The predicted molar refractivity (Wildman–Crippen MR) is 140 cm³/mol. The second-order valence-corrected chi connectivity index (χ2v) is 9.72. The molecule has 0 saturated heterocycles. The Kier molecular flexibility index (Phi) is 9.64. The van der Waals surface area contributed by atoms with Crippen LogP contribution < -0.4 is 15.4 Å². The van der Waals surface area contributed by atoms with Crippen LogP contribution in [0.5, 0.6) is 5.75 Å². The Balaban J connectivity index is 1.69. The zero-order chi connectivity index (χ0) is 28.0. The van der Waals surface area contributed by atoms with E-state index in [0.29, 0.717) is 22.2 Å². The lowest BCUT2D eigenvalue weighted by atomic mass is 10.1. The highest BCUT2D eigenvalue weighted by Crippen LogP contribution is 2.35. The van der Waals surface area contributed by atoms with E-state index in [-0.39, 0.29) is 39.7 Å². The standard InChI is InChI=1S/C25H21Cl2F3N2O5S/c1-13-20(24(35)36-2)23(32-19(33)7-4-10-37-18-9-8-15(26)12-17(18)27)38-21(13)22(34)31-16-6-3-5-14(11-16)25(28,29)30/h3,5-6,8-9,11-12H,4,7,10H2,1-2H3,(H,31,34)(H,32,33). The molecule has 0 unspecified atom stereocenters. The van der Waals surface area contributed by atoms with Crippen LogP contribution >= 0.6 is 34.5 Å². The Bertz CT molecular complexity index is 1360. The van der Waals surface area contributed by atoms with Crippen molar-refractivity contribution in [3.63, 3.8) is 0 Å². The molecule has 2 N–H and O–H groups in total. The first-order valence-corrected chi connectivity index (χ1v) is 12.6. The lowest BCUT2D eigenvalue weighted by molar-refractivity contribution is -0.137. The number of halogens is 5. The lowest BCUT2D eigenvalue weighted by Crippen LogP contribution is -2.15. The van der Waals surface area contributed by atoms with Crippen LogP contribution in [0.3, 0.4) is 0 Å². The van der Waals surface area contributed by atoms with Gasteiger partial charge in [-0.15, -0.1) is 11.3 Å². The number of methoxy groups -OCH3 is 1. The molecule has 0 aliphatic heterocycles. The van der Waals surface area contributed by atoms with E-state index in [0.717, 1.165) is 36.6 Å². The van der Waals surface area contributed by atoms with Crippen molar-refractivity contribution < 1.29 is 37.0 Å². The van der Waals surface area contributed by atoms with Crippen molar-refractivity contribution in [1.29, 1.82) is 0 Å². The Morgan fingerprint density at radius 1 is 1.05 bits per heavy atom. The molecular formula is C25H21Cl2F3N2O5S. The zero-order valence-electron chi connectivity index (χ0n) is 20.0. The molecule has 202 valence electrons. The summed E-state index contributed by atoms with van der Waals surface area (Å²) < 4.78 is 49.4. The number of carbonyl (C=O) groups is 3. The van der Waals surface area contributed by atoms with Gasteiger partial charge in [-0.05, 0) is 55.3 Å². The topological polar surface area (TPSA) is 93.7 Å². The number of carbonyl (C=O) groups excluding carboxylic acids is 3. The molecule has 0 aliphatic carbocycles. The van der Waals surface area contributed by atoms with Crippen molar-refractivity contribution in [1.82, 2.24) is 0 Å². The van der Waals surface area contributed by atoms with Crippen molar-refractivity contribution in [2.24, 2.45) is 0 Å². The van der Waals surface area contributed by atoms with Gasteiger partial charge in [0.05, 0.1) is 34.7 Å². The number of alkyl halides is 3. The third-order valence-electron chi connectivity index (χ3n) is 5.14. The van der Waals surface area contributed by atoms with Gasteiger partial charge in [0, 0.05) is 17.1 Å². The Morgan fingerprint density at radius 3 is 2.45 bits per heavy atom. The molecule has 0 radical (unpaired) electrons. The molecule has 2 aromatic carbocycles. The van der Waals surface area contributed by atoms with Crippen molar-refractivity contribution in [2.45, 2.75) is 25.9 Å². The first-order valence-electron chi connectivity index (χ1n) is 11.0. The van der Waals surface area contributed by atoms with Crippen LogP contribution in [0.2, 0.25) is 10.0 Å². The highest BCUT2D eigenvalue weighted by molar-refractivity contribution is 7.19. The number of anilines is 2. The Labute approximate surface area is 229 Å². The maximum Gasteiger partial charge on any atom is 0.416 e. The summed E-state index contributed by atoms with van der Waals surface area (Å²) in [5.41, 5.74) is -0.820. The molecule has 13 heteroatoms. The summed E-state index contributed by atoms with van der Waals surface area (Å²) >= 11 is 12.7. The molecule has 38 heavy (non-hydrogen) atoms. The fourth-order valence-corrected chi connectivity index (χ4v) is 4.89. The molecule has 7 nitrogen and oxygen atoms in total. The minimum Gasteiger partial charge on any atom is -0.492 e. The van der Waals surface area contributed by atoms with E-state index < -0.39 is 29.5 Å². The molecule has 1 aromatic heterocycles. The monoisotopic (exact) mass is 588 g/mol. The van der Waals surface area contributed by atoms with Crippen LogP contribution in [0.4, 0.5) is 23.9 Å². The summed E-state index contributed by atoms with van der Waals surface area (Å²) in [5.74, 6) is -1.57. The maximum absolute atomic E-state index is 13.0. The number of benzene rings is 2. The van der Waals surface area contributed by atoms with E-state index in [2.05, 4.69) is 10.6 Å². The molecule has 0 aliphatic rings. The first-order chi connectivity index (χ1) is 17.9. The summed E-state index contributed by atoms with van der Waals surface area (Å²) in [7, 11) is 1.15. The molecule has 0 bridgehead atoms. The summed E-state index contributed by atoms with van der Waals surface area (Å²) in [6.45, 7) is 1.65. The van der Waals surface area contributed by atoms with E-state index in [1.54, 1.807) is 12.1 Å². The number of rotatable bonds is 9. The molecule has 2 amide bonds. The average Bonchev–Trinajstić information content (AvgIpc) is 3.17. The maximum atomic E-state index is 13.0. The third kappa shape index (κ3) is 7.40. The molecule has 0 spiro atoms. The van der Waals surface area contributed by atoms with Crippen molar-refractivity contribution >= 4 is 63.0 Å². The predicted octanol–water partition coefficient (Wildman–Crippen LogP) is 7.22. The SMILES string of the molecule is COC(=O)c1c(NC(=O)CCCOc2ccc(Cl)cc2Cl)sc(C(=O)Nc2cccc(C(F)(F)F)c2)c1C. The highest BCUT2D eigenvalue weighted by atomic mass is 35.5. The van der Waals surface area contributed by atoms with E-state index in [1.165, 1.54) is 19.1 Å². The normalized spacial score (nSPS) is 11.1. The molecule has 1 heterocycles. The quantitative estimate of drug-likeness (QED) is 0.203. The second kappa shape index (κ2) is 12.5. The van der Waals surface area contributed by atoms with Gasteiger partial charge >= 0.3 is 12.1 Å². The minimum atomic E-state index is -4.58. The lowest BCUT2D eigenvalue weighted by Gasteiger charge is -2.09. The fraction of sp³-hybridized carbons (Fsp3) is 0.240. The summed E-state index contributed by atoms with van der Waals surface area (Å²) in [6.07, 6.45) is -4.25. The fourth-order valence-electron chi connectivity index (χ4n) is 3.32. The third-order valence-corrected chi connectivity index (χ3v) is 6.88. The number of thiophene rings is 1. The molecule has 3 rings (SSSR count). The van der Waals surface area contributed by atoms with Crippen molar-refractivity contribution in [2.75, 3.05) is 24.4 Å². The zero-order valence-corrected chi connectivity index (χ0v) is 22.3. The molecule has 0 saturated carbocycles. The van der Waals surface area contributed by atoms with Gasteiger partial charge in [-0.2, -0.15) is 13.2 Å². The van der Waals surface area contributed by atoms with Crippen LogP contribution in [0.25, 0.3) is 0 Å². The van der Waals surface area contributed by atoms with E-state index >= 15 is 0 Å². The van der Waals surface area contributed by atoms with Crippen LogP contribution in [0, 0.1) is 6.92 Å². The Hall–Kier alpha value is -3.28. The van der Waals surface area contributed by atoms with Gasteiger partial charge < -0.3 is 20.1 Å². The Morgan fingerprint density at radius 2 is 1.79 bits per heavy atom. The van der Waals surface area contributed by atoms with Gasteiger partial charge in [-0.1, -0.05) is 29.3 Å². The number of hydrogen-bond acceptors (Lipinski definition) is 6. The van der Waals surface area contributed by atoms with Crippen LogP contribution in [-0.2, 0) is 15.7 Å². The van der Waals surface area contributed by atoms with Crippen molar-refractivity contribution in [3.05, 3.63) is 74.1 Å². The van der Waals surface area contributed by atoms with Crippen LogP contribution in [-0.4, -0.2) is 31.5 Å². The molecule has 0 fully saturated rings. The number of nitrogens with one attached hydrogen (secondary N) is 2. The molecular weight excluding hydrogens is 568 g/mol. The van der Waals surface area contributed by atoms with Gasteiger partial charge in [0.2, 0.25) is 5.91 Å².